The van der Waals surface area contributed by atoms with E-state index in [1.165, 1.54) is 5.57 Å². The molecule has 1 fully saturated rings. The number of nitrogens with one attached hydrogen (secondary N) is 3. The minimum atomic E-state index is 0.0405. The minimum Gasteiger partial charge on any atom is -0.352 e. The van der Waals surface area contributed by atoms with Crippen LogP contribution in [-0.2, 0) is 4.79 Å². The number of nitrogens with zero attached hydrogens (tertiary/aromatic N) is 4. The van der Waals surface area contributed by atoms with Gasteiger partial charge in [0.2, 0.25) is 5.91 Å². The molecule has 3 N–H and O–H groups in total. The summed E-state index contributed by atoms with van der Waals surface area (Å²) in [6.45, 7) is 2.01. The van der Waals surface area contributed by atoms with Crippen molar-refractivity contribution >= 4 is 33.4 Å². The number of pyridine rings is 3. The maximum atomic E-state index is 12.3. The van der Waals surface area contributed by atoms with E-state index < -0.39 is 0 Å². The fourth-order valence-corrected chi connectivity index (χ4v) is 5.10. The first kappa shape index (κ1) is 22.4. The van der Waals surface area contributed by atoms with Crippen LogP contribution in [-0.4, -0.2) is 36.0 Å². The predicted octanol–water partition coefficient (Wildman–Crippen LogP) is 5.71. The Morgan fingerprint density at radius 1 is 1.08 bits per heavy atom. The van der Waals surface area contributed by atoms with Crippen molar-refractivity contribution in [2.45, 2.75) is 26.2 Å². The lowest BCUT2D eigenvalue weighted by molar-refractivity contribution is -0.120. The molecule has 2 aliphatic carbocycles. The standard InChI is InChI=1S/C30H25N7O/c1-2-4-28(38)34-22-9-19-7-18(19)8-20(10-22)21-11-24-29(36-37-30(24)33-14-21)26-12-23-25(15-32-16-27(23)35-26)17-5-3-6-31-13-17/h3,5-6,8-16,18,35H,2,4,7H2,1H3,(H,34,38)(H,33,36,37). The van der Waals surface area contributed by atoms with E-state index in [4.69, 9.17) is 0 Å². The van der Waals surface area contributed by atoms with E-state index in [1.807, 2.05) is 49.9 Å². The molecule has 0 aliphatic heterocycles. The van der Waals surface area contributed by atoms with Crippen molar-refractivity contribution in [3.8, 4) is 22.5 Å². The number of rotatable bonds is 6. The lowest BCUT2D eigenvalue weighted by atomic mass is 10.0. The normalized spacial score (nSPS) is 16.4. The number of amides is 1. The third-order valence-corrected chi connectivity index (χ3v) is 7.10. The van der Waals surface area contributed by atoms with Gasteiger partial charge in [-0.25, -0.2) is 4.98 Å². The van der Waals surface area contributed by atoms with Crippen LogP contribution in [0.1, 0.15) is 31.7 Å². The van der Waals surface area contributed by atoms with Crippen molar-refractivity contribution in [3.63, 3.8) is 0 Å². The molecule has 1 atom stereocenters. The molecule has 0 bridgehead atoms. The van der Waals surface area contributed by atoms with E-state index in [1.54, 1.807) is 6.20 Å². The fourth-order valence-electron chi connectivity index (χ4n) is 5.10. The fraction of sp³-hybridized carbons (Fsp3) is 0.167. The van der Waals surface area contributed by atoms with Gasteiger partial charge in [-0.1, -0.05) is 24.6 Å². The Labute approximate surface area is 218 Å². The maximum Gasteiger partial charge on any atom is 0.224 e. The summed E-state index contributed by atoms with van der Waals surface area (Å²) in [4.78, 5) is 29.1. The minimum absolute atomic E-state index is 0.0405. The molecule has 5 aromatic heterocycles. The molecule has 5 heterocycles. The van der Waals surface area contributed by atoms with Crippen LogP contribution in [0.25, 0.3) is 50.0 Å². The lowest BCUT2D eigenvalue weighted by Crippen LogP contribution is -2.21. The monoisotopic (exact) mass is 499 g/mol. The Morgan fingerprint density at radius 2 is 2.03 bits per heavy atom. The van der Waals surface area contributed by atoms with E-state index in [2.05, 4.69) is 59.7 Å². The van der Waals surface area contributed by atoms with Crippen LogP contribution >= 0.6 is 0 Å². The summed E-state index contributed by atoms with van der Waals surface area (Å²) in [5.41, 5.74) is 9.59. The molecule has 2 aliphatic rings. The zero-order chi connectivity index (χ0) is 25.6. The van der Waals surface area contributed by atoms with Gasteiger partial charge in [-0.2, -0.15) is 5.10 Å². The predicted molar refractivity (Wildman–Crippen MR) is 148 cm³/mol. The molecule has 7 rings (SSSR count). The summed E-state index contributed by atoms with van der Waals surface area (Å²) in [6, 6.07) is 8.19. The molecule has 0 spiro atoms. The summed E-state index contributed by atoms with van der Waals surface area (Å²) < 4.78 is 0. The van der Waals surface area contributed by atoms with Gasteiger partial charge in [0, 0.05) is 70.3 Å². The van der Waals surface area contributed by atoms with E-state index in [0.717, 1.165) is 68.5 Å². The first-order valence-corrected chi connectivity index (χ1v) is 12.8. The van der Waals surface area contributed by atoms with Crippen molar-refractivity contribution in [1.29, 1.82) is 0 Å². The number of fused-ring (bicyclic) bond motifs is 3. The van der Waals surface area contributed by atoms with Crippen molar-refractivity contribution in [3.05, 3.63) is 90.3 Å². The molecule has 1 unspecified atom stereocenters. The Bertz CT molecular complexity index is 1810. The van der Waals surface area contributed by atoms with E-state index >= 15 is 0 Å². The Hall–Kier alpha value is -4.85. The maximum absolute atomic E-state index is 12.3. The largest absolute Gasteiger partial charge is 0.352 e. The first-order valence-electron chi connectivity index (χ1n) is 12.8. The van der Waals surface area contributed by atoms with Crippen LogP contribution in [0, 0.1) is 5.92 Å². The summed E-state index contributed by atoms with van der Waals surface area (Å²) >= 11 is 0. The zero-order valence-corrected chi connectivity index (χ0v) is 20.8. The Kier molecular flexibility index (Phi) is 5.25. The van der Waals surface area contributed by atoms with Gasteiger partial charge >= 0.3 is 0 Å². The number of carbonyl (C=O) groups is 1. The van der Waals surface area contributed by atoms with E-state index in [-0.39, 0.29) is 5.91 Å². The second-order valence-corrected chi connectivity index (χ2v) is 9.82. The number of allylic oxidation sites excluding steroid dienone is 5. The van der Waals surface area contributed by atoms with Crippen LogP contribution in [0.4, 0.5) is 0 Å². The Balaban J connectivity index is 1.29. The highest BCUT2D eigenvalue weighted by molar-refractivity contribution is 6.00. The molecular weight excluding hydrogens is 474 g/mol. The second kappa shape index (κ2) is 8.92. The molecule has 8 nitrogen and oxygen atoms in total. The summed E-state index contributed by atoms with van der Waals surface area (Å²) in [6.07, 6.45) is 17.9. The van der Waals surface area contributed by atoms with Crippen molar-refractivity contribution in [1.82, 2.24) is 35.5 Å². The topological polar surface area (TPSA) is 112 Å². The van der Waals surface area contributed by atoms with Crippen molar-refractivity contribution < 1.29 is 4.79 Å². The Morgan fingerprint density at radius 3 is 2.89 bits per heavy atom. The highest BCUT2D eigenvalue weighted by atomic mass is 16.1. The van der Waals surface area contributed by atoms with Gasteiger partial charge in [-0.15, -0.1) is 0 Å². The van der Waals surface area contributed by atoms with E-state index in [0.29, 0.717) is 18.0 Å². The van der Waals surface area contributed by atoms with Gasteiger partial charge < -0.3 is 10.3 Å². The molecule has 1 saturated carbocycles. The number of aromatic amines is 2. The van der Waals surface area contributed by atoms with Gasteiger partial charge in [0.05, 0.1) is 23.1 Å². The van der Waals surface area contributed by atoms with E-state index in [9.17, 15) is 4.79 Å². The van der Waals surface area contributed by atoms with Gasteiger partial charge in [-0.3, -0.25) is 19.9 Å². The van der Waals surface area contributed by atoms with Gasteiger partial charge in [-0.05, 0) is 48.8 Å². The SMILES string of the molecule is CCCC(=O)NC1=CC(c2cnc3n[nH]c(-c4cc5c(-c6cccnc6)cncc5[nH]4)c3c2)=CC2CC2=C1. The van der Waals surface area contributed by atoms with Crippen LogP contribution < -0.4 is 5.32 Å². The van der Waals surface area contributed by atoms with Gasteiger partial charge in [0.15, 0.2) is 5.65 Å². The van der Waals surface area contributed by atoms with Crippen molar-refractivity contribution in [2.24, 2.45) is 5.92 Å². The first-order chi connectivity index (χ1) is 18.7. The third kappa shape index (κ3) is 4.00. The highest BCUT2D eigenvalue weighted by Gasteiger charge is 2.30. The smallest absolute Gasteiger partial charge is 0.224 e. The number of hydrogen-bond acceptors (Lipinski definition) is 5. The summed E-state index contributed by atoms with van der Waals surface area (Å²) in [5, 5.41) is 12.7. The molecule has 38 heavy (non-hydrogen) atoms. The quantitative estimate of drug-likeness (QED) is 0.277. The number of hydrogen-bond donors (Lipinski definition) is 3. The molecule has 8 heteroatoms. The lowest BCUT2D eigenvalue weighted by Gasteiger charge is -2.08. The summed E-state index contributed by atoms with van der Waals surface area (Å²) in [7, 11) is 0. The highest BCUT2D eigenvalue weighted by Crippen LogP contribution is 2.44. The number of carbonyl (C=O) groups excluding carboxylic acids is 1. The molecule has 0 aromatic carbocycles. The molecule has 5 aromatic rings. The molecular formula is C30H25N7O. The van der Waals surface area contributed by atoms with Crippen molar-refractivity contribution in [2.75, 3.05) is 0 Å². The molecule has 0 radical (unpaired) electrons. The van der Waals surface area contributed by atoms with Gasteiger partial charge in [0.1, 0.15) is 0 Å². The van der Waals surface area contributed by atoms with Crippen LogP contribution in [0.2, 0.25) is 0 Å². The summed E-state index contributed by atoms with van der Waals surface area (Å²) in [5.74, 6) is 0.451. The molecule has 0 saturated heterocycles. The van der Waals surface area contributed by atoms with Crippen LogP contribution in [0.15, 0.2) is 84.7 Å². The number of H-pyrrole nitrogens is 2. The van der Waals surface area contributed by atoms with Crippen LogP contribution in [0.3, 0.4) is 0 Å². The average molecular weight is 500 g/mol. The number of aromatic nitrogens is 6. The van der Waals surface area contributed by atoms with Gasteiger partial charge in [0.25, 0.3) is 0 Å². The third-order valence-electron chi connectivity index (χ3n) is 7.10. The van der Waals surface area contributed by atoms with Crippen LogP contribution in [0.5, 0.6) is 0 Å². The second-order valence-electron chi connectivity index (χ2n) is 9.82. The molecule has 186 valence electrons. The molecule has 1 amide bonds. The average Bonchev–Trinajstić information content (AvgIpc) is 3.34. The zero-order valence-electron chi connectivity index (χ0n) is 20.8.